The van der Waals surface area contributed by atoms with E-state index in [1.54, 1.807) is 23.1 Å². The van der Waals surface area contributed by atoms with E-state index in [0.717, 1.165) is 32.5 Å². The first-order valence-electron chi connectivity index (χ1n) is 17.9. The molecule has 15 heteroatoms. The Labute approximate surface area is 299 Å². The molecule has 0 bridgehead atoms. The molecule has 0 spiro atoms. The molecule has 1 amide bonds. The average molecular weight is 718 g/mol. The second kappa shape index (κ2) is 14.1. The highest BCUT2D eigenvalue weighted by molar-refractivity contribution is 5.98. The number of anilines is 2. The van der Waals surface area contributed by atoms with Gasteiger partial charge in [-0.3, -0.25) is 19.6 Å². The van der Waals surface area contributed by atoms with Gasteiger partial charge in [-0.1, -0.05) is 18.2 Å². The topological polar surface area (TPSA) is 126 Å². The Balaban J connectivity index is 1.07. The number of nitrogen functional groups attached to an aromatic ring is 1. The van der Waals surface area contributed by atoms with Gasteiger partial charge in [-0.05, 0) is 36.9 Å². The SMILES string of the molecule is CN(CC1CN(C(=O)/C=C/CN2CCOCC2)C1)c1nc(OC[C@@]23CCCN2C[C@H](F)C3)nc2c(F)c(-c3nc(N)cc4cccc(F)c34)ncc12. The maximum atomic E-state index is 16.7. The smallest absolute Gasteiger partial charge is 0.319 e. The highest BCUT2D eigenvalue weighted by atomic mass is 19.1. The number of likely N-dealkylation sites (tertiary alicyclic amines) is 1. The van der Waals surface area contributed by atoms with Gasteiger partial charge in [0.2, 0.25) is 5.91 Å². The minimum absolute atomic E-state index is 0.0315. The molecule has 2 atom stereocenters. The van der Waals surface area contributed by atoms with E-state index in [9.17, 15) is 9.18 Å². The zero-order chi connectivity index (χ0) is 36.0. The Morgan fingerprint density at radius 1 is 1.13 bits per heavy atom. The molecule has 4 aliphatic rings. The maximum absolute atomic E-state index is 16.7. The number of aromatic nitrogens is 4. The standard InChI is InChI=1S/C37H42F3N9O3/c1-46(18-23-19-48(20-23)29(50)7-3-9-47-11-13-51-14-12-47)35-26-17-42-34(33-30-24(15-28(41)43-33)5-2-6-27(30)39)31(40)32(26)44-36(45-35)52-22-37-8-4-10-49(37)21-25(38)16-37/h2-3,5-7,15,17,23,25H,4,8-14,16,18-22H2,1H3,(H2,41,43)/b7-3+/t25-,37+/m1/s1. The quantitative estimate of drug-likeness (QED) is 0.241. The van der Waals surface area contributed by atoms with Gasteiger partial charge in [0, 0.05) is 82.9 Å². The Kier molecular flexibility index (Phi) is 9.34. The molecule has 0 saturated carbocycles. The Bertz CT molecular complexity index is 2020. The molecule has 4 fully saturated rings. The summed E-state index contributed by atoms with van der Waals surface area (Å²) >= 11 is 0. The number of carbonyl (C=O) groups is 1. The lowest BCUT2D eigenvalue weighted by atomic mass is 9.95. The van der Waals surface area contributed by atoms with Crippen molar-refractivity contribution in [2.75, 3.05) is 89.9 Å². The Morgan fingerprint density at radius 3 is 2.79 bits per heavy atom. The number of carbonyl (C=O) groups excluding carboxylic acids is 1. The summed E-state index contributed by atoms with van der Waals surface area (Å²) in [6, 6.07) is 5.97. The van der Waals surface area contributed by atoms with E-state index in [1.165, 1.54) is 18.3 Å². The van der Waals surface area contributed by atoms with Crippen LogP contribution in [0, 0.1) is 17.6 Å². The molecule has 8 rings (SSSR count). The van der Waals surface area contributed by atoms with Gasteiger partial charge < -0.3 is 25.0 Å². The fraction of sp³-hybridized carbons (Fsp3) is 0.486. The minimum atomic E-state index is -0.940. The molecule has 7 heterocycles. The molecule has 4 aromatic rings. The highest BCUT2D eigenvalue weighted by Gasteiger charge is 2.49. The van der Waals surface area contributed by atoms with Crippen molar-refractivity contribution < 1.29 is 27.4 Å². The Hall–Kier alpha value is -4.60. The van der Waals surface area contributed by atoms with Gasteiger partial charge in [-0.2, -0.15) is 9.97 Å². The molecule has 4 aliphatic heterocycles. The van der Waals surface area contributed by atoms with Gasteiger partial charge in [0.05, 0.1) is 24.1 Å². The number of nitrogens with two attached hydrogens (primary N) is 1. The van der Waals surface area contributed by atoms with Crippen LogP contribution >= 0.6 is 0 Å². The average Bonchev–Trinajstić information content (AvgIpc) is 3.64. The second-order valence-corrected chi connectivity index (χ2v) is 14.4. The van der Waals surface area contributed by atoms with Gasteiger partial charge >= 0.3 is 6.01 Å². The number of halogens is 3. The van der Waals surface area contributed by atoms with E-state index in [1.807, 2.05) is 18.0 Å². The largest absolute Gasteiger partial charge is 0.461 e. The maximum Gasteiger partial charge on any atom is 0.319 e. The van der Waals surface area contributed by atoms with E-state index < -0.39 is 23.3 Å². The molecule has 4 saturated heterocycles. The van der Waals surface area contributed by atoms with Crippen molar-refractivity contribution in [1.82, 2.24) is 34.6 Å². The molecule has 3 aromatic heterocycles. The molecule has 1 aromatic carbocycles. The fourth-order valence-corrected chi connectivity index (χ4v) is 8.18. The van der Waals surface area contributed by atoms with Crippen molar-refractivity contribution in [1.29, 1.82) is 0 Å². The number of morpholine rings is 1. The molecule has 0 aliphatic carbocycles. The number of alkyl halides is 1. The van der Waals surface area contributed by atoms with Crippen molar-refractivity contribution in [2.45, 2.75) is 31.0 Å². The molecule has 12 nitrogen and oxygen atoms in total. The van der Waals surface area contributed by atoms with E-state index in [-0.39, 0.29) is 52.6 Å². The van der Waals surface area contributed by atoms with Crippen LogP contribution in [0.1, 0.15) is 19.3 Å². The first kappa shape index (κ1) is 34.5. The summed E-state index contributed by atoms with van der Waals surface area (Å²) in [5.74, 6) is -0.819. The van der Waals surface area contributed by atoms with Crippen LogP contribution in [0.3, 0.4) is 0 Å². The first-order valence-corrected chi connectivity index (χ1v) is 17.9. The summed E-state index contributed by atoms with van der Waals surface area (Å²) in [5, 5.41) is 0.876. The zero-order valence-corrected chi connectivity index (χ0v) is 29.1. The minimum Gasteiger partial charge on any atom is -0.461 e. The van der Waals surface area contributed by atoms with Crippen molar-refractivity contribution in [2.24, 2.45) is 5.92 Å². The van der Waals surface area contributed by atoms with Gasteiger partial charge in [0.25, 0.3) is 0 Å². The summed E-state index contributed by atoms with van der Waals surface area (Å²) < 4.78 is 58.0. The van der Waals surface area contributed by atoms with Crippen molar-refractivity contribution in [3.8, 4) is 17.4 Å². The predicted octanol–water partition coefficient (Wildman–Crippen LogP) is 3.84. The van der Waals surface area contributed by atoms with Crippen LogP contribution in [0.5, 0.6) is 6.01 Å². The number of amides is 1. The number of nitrogens with zero attached hydrogens (tertiary/aromatic N) is 8. The van der Waals surface area contributed by atoms with Crippen molar-refractivity contribution in [3.63, 3.8) is 0 Å². The zero-order valence-electron chi connectivity index (χ0n) is 29.1. The third kappa shape index (κ3) is 6.61. The molecule has 0 radical (unpaired) electrons. The molecule has 0 unspecified atom stereocenters. The lowest BCUT2D eigenvalue weighted by molar-refractivity contribution is -0.131. The summed E-state index contributed by atoms with van der Waals surface area (Å²) in [6.07, 6.45) is 6.13. The van der Waals surface area contributed by atoms with Crippen LogP contribution < -0.4 is 15.4 Å². The molecule has 2 N–H and O–H groups in total. The van der Waals surface area contributed by atoms with Crippen LogP contribution in [0.2, 0.25) is 0 Å². The van der Waals surface area contributed by atoms with Crippen LogP contribution in [0.25, 0.3) is 33.1 Å². The molecule has 274 valence electrons. The monoisotopic (exact) mass is 717 g/mol. The Morgan fingerprint density at radius 2 is 1.96 bits per heavy atom. The third-order valence-electron chi connectivity index (χ3n) is 10.8. The van der Waals surface area contributed by atoms with Crippen LogP contribution in [-0.4, -0.2) is 131 Å². The van der Waals surface area contributed by atoms with Gasteiger partial charge in [0.15, 0.2) is 5.82 Å². The lowest BCUT2D eigenvalue weighted by Crippen LogP contribution is -2.53. The number of fused-ring (bicyclic) bond motifs is 3. The van der Waals surface area contributed by atoms with Crippen molar-refractivity contribution >= 4 is 39.2 Å². The lowest BCUT2D eigenvalue weighted by Gasteiger charge is -2.40. The molecular weight excluding hydrogens is 675 g/mol. The van der Waals surface area contributed by atoms with E-state index in [4.69, 9.17) is 20.2 Å². The number of rotatable bonds is 10. The first-order chi connectivity index (χ1) is 25.2. The van der Waals surface area contributed by atoms with E-state index >= 15 is 8.78 Å². The number of ether oxygens (including phenoxy) is 2. The summed E-state index contributed by atoms with van der Waals surface area (Å²) in [4.78, 5) is 38.8. The molecule has 52 heavy (non-hydrogen) atoms. The second-order valence-electron chi connectivity index (χ2n) is 14.4. The number of hydrogen-bond acceptors (Lipinski definition) is 11. The predicted molar refractivity (Wildman–Crippen MR) is 191 cm³/mol. The number of benzene rings is 1. The van der Waals surface area contributed by atoms with Gasteiger partial charge in [-0.15, -0.1) is 0 Å². The van der Waals surface area contributed by atoms with Gasteiger partial charge in [0.1, 0.15) is 47.1 Å². The van der Waals surface area contributed by atoms with Crippen LogP contribution in [0.15, 0.2) is 42.6 Å². The summed E-state index contributed by atoms with van der Waals surface area (Å²) in [6.45, 7) is 6.79. The fourth-order valence-electron chi connectivity index (χ4n) is 8.18. The normalized spacial score (nSPS) is 22.8. The number of pyridine rings is 2. The van der Waals surface area contributed by atoms with E-state index in [0.29, 0.717) is 68.9 Å². The van der Waals surface area contributed by atoms with Crippen molar-refractivity contribution in [3.05, 3.63) is 54.2 Å². The highest BCUT2D eigenvalue weighted by Crippen LogP contribution is 2.41. The van der Waals surface area contributed by atoms with Gasteiger partial charge in [-0.25, -0.2) is 18.2 Å². The van der Waals surface area contributed by atoms with Crippen LogP contribution in [0.4, 0.5) is 24.8 Å². The third-order valence-corrected chi connectivity index (χ3v) is 10.8. The summed E-state index contributed by atoms with van der Waals surface area (Å²) in [7, 11) is 1.84. The van der Waals surface area contributed by atoms with E-state index in [2.05, 4.69) is 24.8 Å². The molecular formula is C37H42F3N9O3. The summed E-state index contributed by atoms with van der Waals surface area (Å²) in [5.41, 5.74) is 5.27. The van der Waals surface area contributed by atoms with Crippen LogP contribution in [-0.2, 0) is 9.53 Å². The number of hydrogen-bond donors (Lipinski definition) is 1.